The molecule has 3 heterocycles. The van der Waals surface area contributed by atoms with E-state index in [1.807, 2.05) is 47.4 Å². The van der Waals surface area contributed by atoms with Crippen molar-refractivity contribution >= 4 is 16.7 Å². The average molecular weight is 503 g/mol. The summed E-state index contributed by atoms with van der Waals surface area (Å²) in [6.07, 6.45) is 2.81. The first-order valence-electron chi connectivity index (χ1n) is 13.6. The van der Waals surface area contributed by atoms with E-state index in [1.165, 1.54) is 5.56 Å². The smallest absolute Gasteiger partial charge is 0.254 e. The van der Waals surface area contributed by atoms with E-state index in [4.69, 9.17) is 9.47 Å². The largest absolute Gasteiger partial charge is 0.352 e. The second-order valence-corrected chi connectivity index (χ2v) is 10.8. The SMILES string of the molecule is O=C(c1cccc2ccccc12)N1CC(CN2CCC(c3ccc(F)cc3)CC2)C(C2OCCCO2)C1. The lowest BCUT2D eigenvalue weighted by molar-refractivity contribution is -0.209. The molecule has 3 aromatic carbocycles. The molecule has 0 N–H and O–H groups in total. The second kappa shape index (κ2) is 10.9. The number of hydrogen-bond donors (Lipinski definition) is 0. The van der Waals surface area contributed by atoms with E-state index in [2.05, 4.69) is 17.0 Å². The molecule has 0 radical (unpaired) electrons. The third-order valence-electron chi connectivity index (χ3n) is 8.42. The van der Waals surface area contributed by atoms with E-state index >= 15 is 0 Å². The van der Waals surface area contributed by atoms with Crippen LogP contribution in [-0.2, 0) is 9.47 Å². The molecule has 5 nitrogen and oxygen atoms in total. The number of likely N-dealkylation sites (tertiary alicyclic amines) is 2. The maximum absolute atomic E-state index is 13.8. The van der Waals surface area contributed by atoms with Crippen LogP contribution < -0.4 is 0 Å². The van der Waals surface area contributed by atoms with E-state index in [0.29, 0.717) is 38.1 Å². The maximum Gasteiger partial charge on any atom is 0.254 e. The predicted molar refractivity (Wildman–Crippen MR) is 142 cm³/mol. The van der Waals surface area contributed by atoms with Gasteiger partial charge in [-0.2, -0.15) is 0 Å². The normalized spacial score (nSPS) is 24.1. The van der Waals surface area contributed by atoms with Gasteiger partial charge in [-0.3, -0.25) is 4.79 Å². The molecule has 0 bridgehead atoms. The fourth-order valence-corrected chi connectivity index (χ4v) is 6.41. The van der Waals surface area contributed by atoms with Crippen molar-refractivity contribution in [3.63, 3.8) is 0 Å². The Morgan fingerprint density at radius 3 is 2.41 bits per heavy atom. The number of carbonyl (C=O) groups is 1. The minimum atomic E-state index is -0.249. The lowest BCUT2D eigenvalue weighted by Gasteiger charge is -2.36. The van der Waals surface area contributed by atoms with Crippen LogP contribution in [0.1, 0.15) is 41.1 Å². The van der Waals surface area contributed by atoms with Gasteiger partial charge in [0.25, 0.3) is 5.91 Å². The number of halogens is 1. The summed E-state index contributed by atoms with van der Waals surface area (Å²) < 4.78 is 25.5. The zero-order valence-electron chi connectivity index (χ0n) is 21.2. The fourth-order valence-electron chi connectivity index (χ4n) is 6.41. The molecule has 0 spiro atoms. The minimum Gasteiger partial charge on any atom is -0.352 e. The molecule has 3 aliphatic heterocycles. The Kier molecular flexibility index (Phi) is 7.23. The Bertz CT molecular complexity index is 1210. The van der Waals surface area contributed by atoms with Gasteiger partial charge in [-0.05, 0) is 78.7 Å². The highest BCUT2D eigenvalue weighted by Gasteiger charge is 2.43. The monoisotopic (exact) mass is 502 g/mol. The summed E-state index contributed by atoms with van der Waals surface area (Å²) in [7, 11) is 0. The molecule has 0 saturated carbocycles. The molecule has 6 heteroatoms. The highest BCUT2D eigenvalue weighted by atomic mass is 19.1. The number of fused-ring (bicyclic) bond motifs is 1. The first-order chi connectivity index (χ1) is 18.2. The Labute approximate surface area is 218 Å². The molecule has 3 aliphatic rings. The van der Waals surface area contributed by atoms with Gasteiger partial charge in [0.05, 0.1) is 13.2 Å². The number of benzene rings is 3. The van der Waals surface area contributed by atoms with Crippen molar-refractivity contribution in [1.82, 2.24) is 9.80 Å². The first-order valence-corrected chi connectivity index (χ1v) is 13.6. The van der Waals surface area contributed by atoms with E-state index < -0.39 is 0 Å². The van der Waals surface area contributed by atoms with Crippen LogP contribution in [0.2, 0.25) is 0 Å². The van der Waals surface area contributed by atoms with Gasteiger partial charge < -0.3 is 19.3 Å². The molecule has 0 aromatic heterocycles. The molecule has 6 rings (SSSR count). The number of nitrogens with zero attached hydrogens (tertiary/aromatic N) is 2. The molecule has 194 valence electrons. The molecule has 3 saturated heterocycles. The lowest BCUT2D eigenvalue weighted by Crippen LogP contribution is -2.42. The van der Waals surface area contributed by atoms with Gasteiger partial charge in [0, 0.05) is 31.1 Å². The van der Waals surface area contributed by atoms with Crippen LogP contribution in [0.15, 0.2) is 66.7 Å². The second-order valence-electron chi connectivity index (χ2n) is 10.8. The van der Waals surface area contributed by atoms with Gasteiger partial charge in [-0.15, -0.1) is 0 Å². The number of piperidine rings is 1. The van der Waals surface area contributed by atoms with Gasteiger partial charge in [0.15, 0.2) is 6.29 Å². The summed E-state index contributed by atoms with van der Waals surface area (Å²) in [5.41, 5.74) is 2.00. The molecule has 3 fully saturated rings. The van der Waals surface area contributed by atoms with Crippen LogP contribution in [0, 0.1) is 17.7 Å². The van der Waals surface area contributed by atoms with Crippen molar-refractivity contribution in [3.05, 3.63) is 83.7 Å². The maximum atomic E-state index is 13.8. The Hall–Kier alpha value is -2.80. The number of ether oxygens (including phenoxy) is 2. The van der Waals surface area contributed by atoms with Crippen LogP contribution in [0.25, 0.3) is 10.8 Å². The van der Waals surface area contributed by atoms with Gasteiger partial charge in [-0.25, -0.2) is 4.39 Å². The Morgan fingerprint density at radius 2 is 1.62 bits per heavy atom. The summed E-state index contributed by atoms with van der Waals surface area (Å²) in [6, 6.07) is 21.1. The highest BCUT2D eigenvalue weighted by molar-refractivity contribution is 6.07. The summed E-state index contributed by atoms with van der Waals surface area (Å²) in [6.45, 7) is 5.76. The minimum absolute atomic E-state index is 0.0927. The van der Waals surface area contributed by atoms with E-state index in [9.17, 15) is 9.18 Å². The van der Waals surface area contributed by atoms with Crippen LogP contribution in [-0.4, -0.2) is 67.9 Å². The summed E-state index contributed by atoms with van der Waals surface area (Å²) in [4.78, 5) is 18.3. The first kappa shape index (κ1) is 24.5. The van der Waals surface area contributed by atoms with Crippen molar-refractivity contribution in [3.8, 4) is 0 Å². The third-order valence-corrected chi connectivity index (χ3v) is 8.42. The van der Waals surface area contributed by atoms with Crippen molar-refractivity contribution in [2.75, 3.05) is 45.9 Å². The number of amides is 1. The standard InChI is InChI=1S/C31H35FN2O3/c32-26-11-9-22(10-12-26)23-13-15-33(16-14-23)19-25-20-34(21-29(25)31-36-17-4-18-37-31)30(35)28-8-3-6-24-5-1-2-7-27(24)28/h1-3,5-12,23,25,29,31H,4,13-21H2. The molecule has 2 atom stereocenters. The summed E-state index contributed by atoms with van der Waals surface area (Å²) in [5, 5.41) is 2.09. The third kappa shape index (κ3) is 5.28. The zero-order chi connectivity index (χ0) is 25.2. The molecule has 1 amide bonds. The van der Waals surface area contributed by atoms with Crippen molar-refractivity contribution in [2.24, 2.45) is 11.8 Å². The van der Waals surface area contributed by atoms with Crippen molar-refractivity contribution in [2.45, 2.75) is 31.5 Å². The van der Waals surface area contributed by atoms with Crippen molar-refractivity contribution in [1.29, 1.82) is 0 Å². The van der Waals surface area contributed by atoms with Crippen LogP contribution in [0.4, 0.5) is 4.39 Å². The predicted octanol–water partition coefficient (Wildman–Crippen LogP) is 5.31. The molecule has 3 aromatic rings. The number of hydrogen-bond acceptors (Lipinski definition) is 4. The van der Waals surface area contributed by atoms with Crippen LogP contribution in [0.3, 0.4) is 0 Å². The Morgan fingerprint density at radius 1 is 0.892 bits per heavy atom. The molecular weight excluding hydrogens is 467 g/mol. The van der Waals surface area contributed by atoms with Gasteiger partial charge in [-0.1, -0.05) is 48.5 Å². The van der Waals surface area contributed by atoms with E-state index in [1.54, 1.807) is 12.1 Å². The van der Waals surface area contributed by atoms with Crippen LogP contribution >= 0.6 is 0 Å². The lowest BCUT2D eigenvalue weighted by atomic mass is 9.88. The molecular formula is C31H35FN2O3. The van der Waals surface area contributed by atoms with Crippen molar-refractivity contribution < 1.29 is 18.7 Å². The van der Waals surface area contributed by atoms with Gasteiger partial charge >= 0.3 is 0 Å². The van der Waals surface area contributed by atoms with Gasteiger partial charge in [0.1, 0.15) is 5.82 Å². The molecule has 2 unspecified atom stereocenters. The highest BCUT2D eigenvalue weighted by Crippen LogP contribution is 2.35. The van der Waals surface area contributed by atoms with E-state index in [-0.39, 0.29) is 23.9 Å². The summed E-state index contributed by atoms with van der Waals surface area (Å²) >= 11 is 0. The fraction of sp³-hybridized carbons (Fsp3) is 0.452. The average Bonchev–Trinajstić information content (AvgIpc) is 3.37. The molecule has 0 aliphatic carbocycles. The number of carbonyl (C=O) groups excluding carboxylic acids is 1. The quantitative estimate of drug-likeness (QED) is 0.474. The number of rotatable bonds is 5. The van der Waals surface area contributed by atoms with E-state index in [0.717, 1.165) is 55.2 Å². The molecule has 37 heavy (non-hydrogen) atoms. The van der Waals surface area contributed by atoms with Crippen LogP contribution in [0.5, 0.6) is 0 Å². The topological polar surface area (TPSA) is 42.0 Å². The van der Waals surface area contributed by atoms with Gasteiger partial charge in [0.2, 0.25) is 0 Å². The zero-order valence-corrected chi connectivity index (χ0v) is 21.2. The Balaban J connectivity index is 1.16. The summed E-state index contributed by atoms with van der Waals surface area (Å²) in [5.74, 6) is 0.850.